The highest BCUT2D eigenvalue weighted by Gasteiger charge is 2.16. The quantitative estimate of drug-likeness (QED) is 0.676. The van der Waals surface area contributed by atoms with Gasteiger partial charge in [0, 0.05) is 13.2 Å². The molecule has 3 N–H and O–H groups in total. The average Bonchev–Trinajstić information content (AvgIpc) is 2.58. The predicted octanol–water partition coefficient (Wildman–Crippen LogP) is 0.0280. The molecular weight excluding hydrogens is 330 g/mol. The minimum absolute atomic E-state index is 0.171. The molecule has 0 aliphatic carbocycles. The first-order valence-corrected chi connectivity index (χ1v) is 7.33. The van der Waals surface area contributed by atoms with Crippen molar-refractivity contribution in [3.63, 3.8) is 0 Å². The van der Waals surface area contributed by atoms with Crippen molar-refractivity contribution in [2.45, 2.75) is 13.0 Å². The SMILES string of the molecule is CC(NC(=O)c1c[nH]c(=O)n(C)c1=O)c1ccc(OCC(=O)O)cc1. The van der Waals surface area contributed by atoms with Crippen molar-refractivity contribution >= 4 is 11.9 Å². The van der Waals surface area contributed by atoms with Crippen molar-refractivity contribution in [2.75, 3.05) is 6.61 Å². The third kappa shape index (κ3) is 4.34. The summed E-state index contributed by atoms with van der Waals surface area (Å²) in [6.07, 6.45) is 1.08. The number of amides is 1. The Hall–Kier alpha value is -3.36. The fraction of sp³-hybridized carbons (Fsp3) is 0.250. The number of ether oxygens (including phenoxy) is 1. The highest BCUT2D eigenvalue weighted by atomic mass is 16.5. The van der Waals surface area contributed by atoms with Crippen LogP contribution in [0, 0.1) is 0 Å². The lowest BCUT2D eigenvalue weighted by Crippen LogP contribution is -2.39. The number of carbonyl (C=O) groups is 2. The molecule has 0 bridgehead atoms. The zero-order valence-corrected chi connectivity index (χ0v) is 13.6. The fourth-order valence-electron chi connectivity index (χ4n) is 2.08. The van der Waals surface area contributed by atoms with Gasteiger partial charge in [-0.1, -0.05) is 12.1 Å². The Balaban J connectivity index is 2.09. The molecule has 2 rings (SSSR count). The Morgan fingerprint density at radius 1 is 1.28 bits per heavy atom. The molecule has 9 heteroatoms. The number of H-pyrrole nitrogens is 1. The number of aliphatic carboxylic acids is 1. The van der Waals surface area contributed by atoms with Gasteiger partial charge in [0.25, 0.3) is 11.5 Å². The molecule has 1 aromatic carbocycles. The van der Waals surface area contributed by atoms with Crippen molar-refractivity contribution in [3.05, 3.63) is 62.4 Å². The van der Waals surface area contributed by atoms with Gasteiger partial charge in [-0.15, -0.1) is 0 Å². The maximum absolute atomic E-state index is 12.2. The number of nitrogens with one attached hydrogen (secondary N) is 2. The molecule has 1 amide bonds. The molecule has 132 valence electrons. The number of hydrogen-bond donors (Lipinski definition) is 3. The van der Waals surface area contributed by atoms with Crippen LogP contribution in [-0.4, -0.2) is 33.1 Å². The highest BCUT2D eigenvalue weighted by molar-refractivity contribution is 5.93. The van der Waals surface area contributed by atoms with Crippen LogP contribution in [0.3, 0.4) is 0 Å². The second kappa shape index (κ2) is 7.47. The number of rotatable bonds is 6. The molecule has 9 nitrogen and oxygen atoms in total. The van der Waals surface area contributed by atoms with Gasteiger partial charge < -0.3 is 20.1 Å². The highest BCUT2D eigenvalue weighted by Crippen LogP contribution is 2.17. The number of carboxylic acids is 1. The monoisotopic (exact) mass is 347 g/mol. The van der Waals surface area contributed by atoms with Gasteiger partial charge in [-0.25, -0.2) is 9.59 Å². The first kappa shape index (κ1) is 18.0. The lowest BCUT2D eigenvalue weighted by atomic mass is 10.1. The molecule has 1 heterocycles. The van der Waals surface area contributed by atoms with Crippen molar-refractivity contribution in [1.29, 1.82) is 0 Å². The van der Waals surface area contributed by atoms with E-state index in [1.807, 2.05) is 0 Å². The first-order valence-electron chi connectivity index (χ1n) is 7.33. The first-order chi connectivity index (χ1) is 11.8. The van der Waals surface area contributed by atoms with Gasteiger partial charge in [-0.05, 0) is 24.6 Å². The second-order valence-corrected chi connectivity index (χ2v) is 5.32. The standard InChI is InChI=1S/C16H17N3O6/c1-9(10-3-5-11(6-4-10)25-8-13(20)21)18-14(22)12-7-17-16(24)19(2)15(12)23/h3-7,9H,8H2,1-2H3,(H,17,24)(H,18,22)(H,20,21). The summed E-state index contributed by atoms with van der Waals surface area (Å²) in [4.78, 5) is 48.2. The van der Waals surface area contributed by atoms with Crippen LogP contribution in [-0.2, 0) is 11.8 Å². The Morgan fingerprint density at radius 3 is 2.52 bits per heavy atom. The topological polar surface area (TPSA) is 130 Å². The van der Waals surface area contributed by atoms with Gasteiger partial charge in [0.15, 0.2) is 6.61 Å². The van der Waals surface area contributed by atoms with Crippen LogP contribution < -0.4 is 21.3 Å². The van der Waals surface area contributed by atoms with E-state index in [1.165, 1.54) is 7.05 Å². The van der Waals surface area contributed by atoms with Gasteiger partial charge in [0.05, 0.1) is 6.04 Å². The van der Waals surface area contributed by atoms with E-state index in [2.05, 4.69) is 10.3 Å². The molecule has 0 saturated carbocycles. The number of carboxylic acid groups (broad SMARTS) is 1. The van der Waals surface area contributed by atoms with E-state index in [1.54, 1.807) is 31.2 Å². The lowest BCUT2D eigenvalue weighted by Gasteiger charge is -2.15. The Kier molecular flexibility index (Phi) is 5.38. The van der Waals surface area contributed by atoms with Crippen molar-refractivity contribution in [1.82, 2.24) is 14.9 Å². The van der Waals surface area contributed by atoms with E-state index < -0.39 is 35.8 Å². The summed E-state index contributed by atoms with van der Waals surface area (Å²) in [5.41, 5.74) is -0.731. The molecule has 0 spiro atoms. The van der Waals surface area contributed by atoms with Crippen molar-refractivity contribution < 1.29 is 19.4 Å². The second-order valence-electron chi connectivity index (χ2n) is 5.32. The van der Waals surface area contributed by atoms with E-state index in [9.17, 15) is 19.2 Å². The number of benzene rings is 1. The number of aromatic amines is 1. The maximum Gasteiger partial charge on any atom is 0.341 e. The minimum atomic E-state index is -1.08. The molecule has 2 aromatic rings. The number of aromatic nitrogens is 2. The number of nitrogens with zero attached hydrogens (tertiary/aromatic N) is 1. The number of hydrogen-bond acceptors (Lipinski definition) is 5. The predicted molar refractivity (Wildman–Crippen MR) is 87.8 cm³/mol. The van der Waals surface area contributed by atoms with Gasteiger partial charge in [0.1, 0.15) is 11.3 Å². The molecule has 0 saturated heterocycles. The van der Waals surface area contributed by atoms with Crippen LogP contribution >= 0.6 is 0 Å². The van der Waals surface area contributed by atoms with E-state index in [4.69, 9.17) is 9.84 Å². The summed E-state index contributed by atoms with van der Waals surface area (Å²) < 4.78 is 5.84. The van der Waals surface area contributed by atoms with Gasteiger partial charge in [-0.3, -0.25) is 14.2 Å². The molecule has 0 aliphatic heterocycles. The fourth-order valence-corrected chi connectivity index (χ4v) is 2.08. The maximum atomic E-state index is 12.2. The van der Waals surface area contributed by atoms with Crippen LogP contribution in [0.15, 0.2) is 40.1 Å². The summed E-state index contributed by atoms with van der Waals surface area (Å²) in [6.45, 7) is 1.28. The lowest BCUT2D eigenvalue weighted by molar-refractivity contribution is -0.139. The summed E-state index contributed by atoms with van der Waals surface area (Å²) >= 11 is 0. The normalized spacial score (nSPS) is 11.6. The van der Waals surface area contributed by atoms with E-state index in [0.717, 1.165) is 16.3 Å². The van der Waals surface area contributed by atoms with Crippen LogP contribution in [0.1, 0.15) is 28.9 Å². The summed E-state index contributed by atoms with van der Waals surface area (Å²) in [5, 5.41) is 11.2. The van der Waals surface area contributed by atoms with Crippen LogP contribution in [0.5, 0.6) is 5.75 Å². The average molecular weight is 347 g/mol. The van der Waals surface area contributed by atoms with Crippen LogP contribution in [0.25, 0.3) is 0 Å². The smallest absolute Gasteiger partial charge is 0.341 e. The zero-order valence-electron chi connectivity index (χ0n) is 13.6. The molecular formula is C16H17N3O6. The van der Waals surface area contributed by atoms with E-state index in [-0.39, 0.29) is 5.56 Å². The van der Waals surface area contributed by atoms with Crippen molar-refractivity contribution in [2.24, 2.45) is 7.05 Å². The van der Waals surface area contributed by atoms with E-state index in [0.29, 0.717) is 5.75 Å². The molecule has 0 aliphatic rings. The largest absolute Gasteiger partial charge is 0.482 e. The molecule has 1 atom stereocenters. The molecule has 0 radical (unpaired) electrons. The van der Waals surface area contributed by atoms with Gasteiger partial charge in [0.2, 0.25) is 0 Å². The summed E-state index contributed by atoms with van der Waals surface area (Å²) in [5.74, 6) is -1.30. The molecule has 25 heavy (non-hydrogen) atoms. The molecule has 0 fully saturated rings. The Bertz CT molecular complexity index is 897. The number of carbonyl (C=O) groups excluding carboxylic acids is 1. The summed E-state index contributed by atoms with van der Waals surface area (Å²) in [6, 6.07) is 6.10. The van der Waals surface area contributed by atoms with Gasteiger partial charge in [-0.2, -0.15) is 0 Å². The summed E-state index contributed by atoms with van der Waals surface area (Å²) in [7, 11) is 1.28. The minimum Gasteiger partial charge on any atom is -0.482 e. The van der Waals surface area contributed by atoms with E-state index >= 15 is 0 Å². The van der Waals surface area contributed by atoms with Crippen LogP contribution in [0.4, 0.5) is 0 Å². The van der Waals surface area contributed by atoms with Gasteiger partial charge >= 0.3 is 11.7 Å². The van der Waals surface area contributed by atoms with Crippen LogP contribution in [0.2, 0.25) is 0 Å². The van der Waals surface area contributed by atoms with Crippen molar-refractivity contribution in [3.8, 4) is 5.75 Å². The Morgan fingerprint density at radius 2 is 1.92 bits per heavy atom. The Labute approximate surface area is 141 Å². The zero-order chi connectivity index (χ0) is 18.6. The molecule has 1 unspecified atom stereocenters. The third-order valence-electron chi connectivity index (χ3n) is 3.51. The third-order valence-corrected chi connectivity index (χ3v) is 3.51. The molecule has 1 aromatic heterocycles.